The highest BCUT2D eigenvalue weighted by Crippen LogP contribution is 2.53. The second kappa shape index (κ2) is 16.7. The minimum absolute atomic E-state index is 0.267. The topological polar surface area (TPSA) is 226 Å². The maximum Gasteiger partial charge on any atom is 0.346 e. The molecule has 216 valence electrons. The van der Waals surface area contributed by atoms with Gasteiger partial charge in [-0.25, -0.2) is 17.8 Å². The zero-order valence-corrected chi connectivity index (χ0v) is 23.4. The molecule has 0 fully saturated rings. The zero-order chi connectivity index (χ0) is 28.8. The fourth-order valence-corrected chi connectivity index (χ4v) is 7.08. The summed E-state index contributed by atoms with van der Waals surface area (Å²) in [6, 6.07) is -2.99. The zero-order valence-electron chi connectivity index (χ0n) is 21.7. The third-order valence-electron chi connectivity index (χ3n) is 5.31. The number of carboxylic acid groups (broad SMARTS) is 2. The largest absolute Gasteiger partial charge is 0.480 e. The molecule has 2 atom stereocenters. The van der Waals surface area contributed by atoms with E-state index < -0.39 is 84.4 Å². The van der Waals surface area contributed by atoms with Crippen LogP contribution in [0.15, 0.2) is 0 Å². The highest BCUT2D eigenvalue weighted by molar-refractivity contribution is 7.91. The van der Waals surface area contributed by atoms with Crippen LogP contribution in [0.2, 0.25) is 0 Å². The van der Waals surface area contributed by atoms with Crippen LogP contribution in [0, 0.1) is 0 Å². The molecule has 0 bridgehead atoms. The van der Waals surface area contributed by atoms with E-state index in [0.29, 0.717) is 26.2 Å². The Morgan fingerprint density at radius 3 is 1.95 bits per heavy atom. The number of aliphatic carboxylic acids is 2. The molecule has 0 saturated heterocycles. The van der Waals surface area contributed by atoms with Gasteiger partial charge in [0.15, 0.2) is 9.84 Å². The van der Waals surface area contributed by atoms with Crippen molar-refractivity contribution in [3.05, 3.63) is 0 Å². The summed E-state index contributed by atoms with van der Waals surface area (Å²) in [4.78, 5) is 46.2. The van der Waals surface area contributed by atoms with Crippen molar-refractivity contribution in [2.24, 2.45) is 5.73 Å². The number of nitrogens with two attached hydrogens (primary N) is 1. The Balaban J connectivity index is 5.50. The Bertz CT molecular complexity index is 908. The number of carboxylic acids is 2. The van der Waals surface area contributed by atoms with E-state index in [1.54, 1.807) is 37.0 Å². The van der Waals surface area contributed by atoms with Gasteiger partial charge in [0.05, 0.1) is 18.1 Å². The van der Waals surface area contributed by atoms with Gasteiger partial charge in [-0.3, -0.25) is 23.7 Å². The third kappa shape index (κ3) is 12.3. The summed E-state index contributed by atoms with van der Waals surface area (Å²) in [5.74, 6) is -6.13. The lowest BCUT2D eigenvalue weighted by atomic mass is 10.1. The van der Waals surface area contributed by atoms with E-state index in [-0.39, 0.29) is 6.42 Å². The number of nitrogens with zero attached hydrogens (tertiary/aromatic N) is 2. The number of nitrogens with one attached hydrogen (secondary N) is 2. The number of carbonyl (C=O) groups is 4. The highest BCUT2D eigenvalue weighted by atomic mass is 32.2. The minimum atomic E-state index is -4.08. The van der Waals surface area contributed by atoms with Gasteiger partial charge in [0.2, 0.25) is 11.8 Å². The summed E-state index contributed by atoms with van der Waals surface area (Å²) in [5, 5.41) is 21.8. The molecule has 0 spiro atoms. The van der Waals surface area contributed by atoms with E-state index in [1.807, 2.05) is 5.32 Å². The van der Waals surface area contributed by atoms with Gasteiger partial charge in [-0.15, -0.1) is 0 Å². The summed E-state index contributed by atoms with van der Waals surface area (Å²) >= 11 is 0. The van der Waals surface area contributed by atoms with Crippen molar-refractivity contribution < 1.29 is 46.9 Å². The molecule has 0 aromatic rings. The van der Waals surface area contributed by atoms with Crippen LogP contribution in [0.3, 0.4) is 0 Å². The van der Waals surface area contributed by atoms with Crippen molar-refractivity contribution in [3.63, 3.8) is 0 Å². The average molecular weight is 574 g/mol. The monoisotopic (exact) mass is 573 g/mol. The summed E-state index contributed by atoms with van der Waals surface area (Å²) in [6.45, 7) is 7.55. The Morgan fingerprint density at radius 1 is 1.00 bits per heavy atom. The molecular formula is C20H40N5O10PS. The van der Waals surface area contributed by atoms with Gasteiger partial charge in [0.25, 0.3) is 0 Å². The molecule has 0 aromatic heterocycles. The minimum Gasteiger partial charge on any atom is -0.480 e. The lowest BCUT2D eigenvalue weighted by Gasteiger charge is -2.36. The Labute approximate surface area is 217 Å². The maximum absolute atomic E-state index is 13.6. The van der Waals surface area contributed by atoms with Crippen molar-refractivity contribution in [1.82, 2.24) is 20.0 Å². The molecule has 6 N–H and O–H groups in total. The molecule has 37 heavy (non-hydrogen) atoms. The molecule has 15 nitrogen and oxygen atoms in total. The van der Waals surface area contributed by atoms with Gasteiger partial charge >= 0.3 is 19.6 Å². The van der Waals surface area contributed by atoms with Crippen LogP contribution >= 0.6 is 7.67 Å². The van der Waals surface area contributed by atoms with Gasteiger partial charge in [-0.2, -0.15) is 0 Å². The molecule has 0 rings (SSSR count). The fraction of sp³-hybridized carbons (Fsp3) is 0.800. The van der Waals surface area contributed by atoms with E-state index in [4.69, 9.17) is 20.5 Å². The van der Waals surface area contributed by atoms with Gasteiger partial charge in [-0.1, -0.05) is 27.7 Å². The first-order chi connectivity index (χ1) is 17.2. The van der Waals surface area contributed by atoms with E-state index in [2.05, 4.69) is 5.32 Å². The second-order valence-electron chi connectivity index (χ2n) is 7.93. The van der Waals surface area contributed by atoms with Crippen molar-refractivity contribution in [3.8, 4) is 0 Å². The van der Waals surface area contributed by atoms with Gasteiger partial charge in [0, 0.05) is 32.6 Å². The average Bonchev–Trinajstić information content (AvgIpc) is 2.81. The second-order valence-corrected chi connectivity index (χ2v) is 12.5. The van der Waals surface area contributed by atoms with E-state index in [9.17, 15) is 32.2 Å². The first-order valence-electron chi connectivity index (χ1n) is 11.9. The van der Waals surface area contributed by atoms with Crippen molar-refractivity contribution in [2.45, 2.75) is 52.6 Å². The number of sulfone groups is 1. The fourth-order valence-electron chi connectivity index (χ4n) is 3.27. The number of hydrogen-bond acceptors (Lipinski definition) is 9. The molecule has 2 amide bonds. The predicted octanol–water partition coefficient (Wildman–Crippen LogP) is -0.913. The van der Waals surface area contributed by atoms with Crippen molar-refractivity contribution >= 4 is 41.3 Å². The number of rotatable bonds is 20. The van der Waals surface area contributed by atoms with Crippen LogP contribution in [0.1, 0.15) is 40.5 Å². The van der Waals surface area contributed by atoms with Gasteiger partial charge in [0.1, 0.15) is 18.6 Å². The van der Waals surface area contributed by atoms with E-state index >= 15 is 0 Å². The molecule has 0 saturated carbocycles. The first-order valence-corrected chi connectivity index (χ1v) is 15.2. The van der Waals surface area contributed by atoms with Gasteiger partial charge < -0.3 is 31.1 Å². The standard InChI is InChI=1S/C20H40N5O10PS/c1-5-24(6-2)36(32,25(7-3)8-4)35-11-12-37(33,34)14-16(19(29)22-13-18(27)28)23-17(26)10-9-15(21)20(30)31/h15-16H,5-14,21H2,1-4H3,(H,22,29)(H,23,26)(H,27,28)(H,30,31)/t15-,16?/m0/s1. The summed E-state index contributed by atoms with van der Waals surface area (Å²) in [7, 11) is -7.60. The lowest BCUT2D eigenvalue weighted by molar-refractivity contribution is -0.139. The molecule has 17 heteroatoms. The van der Waals surface area contributed by atoms with Crippen LogP contribution < -0.4 is 16.4 Å². The predicted molar refractivity (Wildman–Crippen MR) is 135 cm³/mol. The summed E-state index contributed by atoms with van der Waals surface area (Å²) < 4.78 is 48.0. The number of hydrogen-bond donors (Lipinski definition) is 5. The van der Waals surface area contributed by atoms with Crippen molar-refractivity contribution in [2.75, 3.05) is 50.8 Å². The van der Waals surface area contributed by atoms with Crippen LogP contribution in [0.25, 0.3) is 0 Å². The molecule has 0 aliphatic rings. The highest BCUT2D eigenvalue weighted by Gasteiger charge is 2.36. The lowest BCUT2D eigenvalue weighted by Crippen LogP contribution is -2.51. The third-order valence-corrected chi connectivity index (χ3v) is 10.0. The normalized spacial score (nSPS) is 13.8. The van der Waals surface area contributed by atoms with Crippen LogP contribution in [-0.2, 0) is 38.1 Å². The Kier molecular flexibility index (Phi) is 15.7. The molecule has 1 unspecified atom stereocenters. The summed E-state index contributed by atoms with van der Waals surface area (Å²) in [5.41, 5.74) is 5.35. The van der Waals surface area contributed by atoms with E-state index in [0.717, 1.165) is 0 Å². The SMILES string of the molecule is CCN(CC)P(=O)(OCCS(=O)(=O)CC(NC(=O)CC[C@H](N)C(=O)O)C(=O)NCC(=O)O)N(CC)CC. The molecule has 0 aromatic carbocycles. The van der Waals surface area contributed by atoms with Crippen LogP contribution in [-0.4, -0.2) is 115 Å². The molecule has 0 aliphatic heterocycles. The summed E-state index contributed by atoms with van der Waals surface area (Å²) in [6.07, 6.45) is -0.673. The van der Waals surface area contributed by atoms with Crippen molar-refractivity contribution in [1.29, 1.82) is 0 Å². The molecule has 0 aliphatic carbocycles. The smallest absolute Gasteiger partial charge is 0.346 e. The number of carbonyl (C=O) groups excluding carboxylic acids is 2. The van der Waals surface area contributed by atoms with Crippen LogP contribution in [0.5, 0.6) is 0 Å². The number of amides is 2. The van der Waals surface area contributed by atoms with E-state index in [1.165, 1.54) is 0 Å². The Morgan fingerprint density at radius 2 is 1.51 bits per heavy atom. The maximum atomic E-state index is 13.6. The quantitative estimate of drug-likeness (QED) is 0.111. The van der Waals surface area contributed by atoms with Crippen LogP contribution in [0.4, 0.5) is 0 Å². The molecular weight excluding hydrogens is 533 g/mol. The Hall–Kier alpha value is -2.10. The molecule has 0 heterocycles. The van der Waals surface area contributed by atoms with Gasteiger partial charge in [-0.05, 0) is 6.42 Å². The molecule has 0 radical (unpaired) electrons. The first kappa shape index (κ1) is 34.9.